The molecular weight excluding hydrogens is 769 g/mol. The first-order valence-corrected chi connectivity index (χ1v) is 26.3. The molecule has 0 aliphatic rings. The van der Waals surface area contributed by atoms with Gasteiger partial charge in [0.05, 0.1) is 0 Å². The summed E-state index contributed by atoms with van der Waals surface area (Å²) in [6.45, 7) is 6.52. The van der Waals surface area contributed by atoms with Gasteiger partial charge in [0, 0.05) is 19.3 Å². The quantitative estimate of drug-likeness (QED) is 0.0262. The average molecular weight is 867 g/mol. The van der Waals surface area contributed by atoms with Crippen molar-refractivity contribution in [3.05, 3.63) is 60.8 Å². The molecule has 6 heteroatoms. The third-order valence-electron chi connectivity index (χ3n) is 11.2. The molecule has 358 valence electrons. The van der Waals surface area contributed by atoms with Crippen LogP contribution < -0.4 is 0 Å². The van der Waals surface area contributed by atoms with Gasteiger partial charge in [-0.3, -0.25) is 14.4 Å². The van der Waals surface area contributed by atoms with Crippen LogP contribution in [0.15, 0.2) is 60.8 Å². The number of esters is 3. The maximum atomic E-state index is 12.8. The Morgan fingerprint density at radius 1 is 0.323 bits per heavy atom. The normalized spacial score (nSPS) is 12.5. The first kappa shape index (κ1) is 59.1. The van der Waals surface area contributed by atoms with Crippen molar-refractivity contribution in [2.45, 2.75) is 264 Å². The van der Waals surface area contributed by atoms with Crippen molar-refractivity contribution in [2.24, 2.45) is 0 Å². The second kappa shape index (κ2) is 50.8. The highest BCUT2D eigenvalue weighted by atomic mass is 16.6. The molecule has 0 fully saturated rings. The predicted molar refractivity (Wildman–Crippen MR) is 265 cm³/mol. The van der Waals surface area contributed by atoms with Crippen molar-refractivity contribution in [3.63, 3.8) is 0 Å². The summed E-state index contributed by atoms with van der Waals surface area (Å²) >= 11 is 0. The second-order valence-corrected chi connectivity index (χ2v) is 17.4. The van der Waals surface area contributed by atoms with Gasteiger partial charge >= 0.3 is 17.9 Å². The molecule has 0 aromatic heterocycles. The van der Waals surface area contributed by atoms with Gasteiger partial charge in [0.25, 0.3) is 0 Å². The smallest absolute Gasteiger partial charge is 0.306 e. The topological polar surface area (TPSA) is 78.9 Å². The number of ether oxygens (including phenoxy) is 3. The van der Waals surface area contributed by atoms with E-state index in [1.165, 1.54) is 116 Å². The Bertz CT molecular complexity index is 1130. The van der Waals surface area contributed by atoms with Crippen LogP contribution in [0, 0.1) is 0 Å². The van der Waals surface area contributed by atoms with E-state index in [0.717, 1.165) is 103 Å². The van der Waals surface area contributed by atoms with E-state index < -0.39 is 6.10 Å². The van der Waals surface area contributed by atoms with E-state index in [2.05, 4.69) is 81.5 Å². The number of hydrogen-bond acceptors (Lipinski definition) is 6. The van der Waals surface area contributed by atoms with Crippen molar-refractivity contribution in [1.29, 1.82) is 0 Å². The zero-order chi connectivity index (χ0) is 45.1. The Morgan fingerprint density at radius 2 is 0.613 bits per heavy atom. The third kappa shape index (κ3) is 48.1. The summed E-state index contributed by atoms with van der Waals surface area (Å²) in [4.78, 5) is 37.9. The van der Waals surface area contributed by atoms with Gasteiger partial charge in [0.15, 0.2) is 6.10 Å². The number of unbranched alkanes of at least 4 members (excludes halogenated alkanes) is 26. The van der Waals surface area contributed by atoms with Gasteiger partial charge in [-0.25, -0.2) is 0 Å². The van der Waals surface area contributed by atoms with E-state index >= 15 is 0 Å². The molecule has 0 rings (SSSR count). The Morgan fingerprint density at radius 3 is 1.02 bits per heavy atom. The van der Waals surface area contributed by atoms with Gasteiger partial charge in [-0.2, -0.15) is 0 Å². The molecule has 0 bridgehead atoms. The van der Waals surface area contributed by atoms with Gasteiger partial charge in [-0.15, -0.1) is 0 Å². The standard InChI is InChI=1S/C56H98O6/c1-4-7-10-13-16-19-22-24-26-27-28-29-31-32-34-37-40-43-46-49-55(58)61-52-53(51-60-54(57)48-45-42-39-36-21-18-15-12-9-6-3)62-56(59)50-47-44-41-38-35-33-30-25-23-20-17-14-11-8-5-2/h12,15-16,19,24-26,28-30,53H,4-11,13-14,17-18,20-23,27,31-52H2,1-3H3/b15-12-,19-16-,26-24-,29-28-,30-25-. The first-order valence-electron chi connectivity index (χ1n) is 26.3. The first-order chi connectivity index (χ1) is 30.5. The Hall–Kier alpha value is -2.89. The maximum Gasteiger partial charge on any atom is 0.306 e. The monoisotopic (exact) mass is 867 g/mol. The van der Waals surface area contributed by atoms with E-state index in [-0.39, 0.29) is 31.1 Å². The fraction of sp³-hybridized carbons (Fsp3) is 0.768. The molecular formula is C56H98O6. The summed E-state index contributed by atoms with van der Waals surface area (Å²) in [6, 6.07) is 0. The van der Waals surface area contributed by atoms with Gasteiger partial charge in [0.1, 0.15) is 13.2 Å². The molecule has 0 saturated carbocycles. The van der Waals surface area contributed by atoms with Crippen molar-refractivity contribution in [1.82, 2.24) is 0 Å². The molecule has 0 amide bonds. The molecule has 0 heterocycles. The van der Waals surface area contributed by atoms with Crippen molar-refractivity contribution < 1.29 is 28.6 Å². The lowest BCUT2D eigenvalue weighted by Gasteiger charge is -2.18. The van der Waals surface area contributed by atoms with Crippen LogP contribution >= 0.6 is 0 Å². The van der Waals surface area contributed by atoms with Crippen LogP contribution in [0.4, 0.5) is 0 Å². The average Bonchev–Trinajstić information content (AvgIpc) is 3.27. The number of carbonyl (C=O) groups excluding carboxylic acids is 3. The van der Waals surface area contributed by atoms with Crippen LogP contribution in [0.5, 0.6) is 0 Å². The fourth-order valence-electron chi connectivity index (χ4n) is 7.21. The van der Waals surface area contributed by atoms with E-state index in [9.17, 15) is 14.4 Å². The molecule has 0 aliphatic heterocycles. The van der Waals surface area contributed by atoms with Gasteiger partial charge in [-0.1, -0.05) is 197 Å². The molecule has 0 aliphatic carbocycles. The molecule has 0 aromatic carbocycles. The molecule has 62 heavy (non-hydrogen) atoms. The maximum absolute atomic E-state index is 12.8. The lowest BCUT2D eigenvalue weighted by Crippen LogP contribution is -2.30. The highest BCUT2D eigenvalue weighted by molar-refractivity contribution is 5.71. The Balaban J connectivity index is 4.37. The van der Waals surface area contributed by atoms with Crippen LogP contribution in [0.1, 0.15) is 258 Å². The van der Waals surface area contributed by atoms with Crippen molar-refractivity contribution >= 4 is 17.9 Å². The third-order valence-corrected chi connectivity index (χ3v) is 11.2. The van der Waals surface area contributed by atoms with E-state index in [1.54, 1.807) is 0 Å². The highest BCUT2D eigenvalue weighted by Crippen LogP contribution is 2.14. The molecule has 6 nitrogen and oxygen atoms in total. The lowest BCUT2D eigenvalue weighted by molar-refractivity contribution is -0.167. The molecule has 0 saturated heterocycles. The second-order valence-electron chi connectivity index (χ2n) is 17.4. The minimum atomic E-state index is -0.786. The van der Waals surface area contributed by atoms with Crippen LogP contribution in [0.3, 0.4) is 0 Å². The lowest BCUT2D eigenvalue weighted by atomic mass is 10.1. The molecule has 0 radical (unpaired) electrons. The predicted octanol–water partition coefficient (Wildman–Crippen LogP) is 17.3. The molecule has 0 spiro atoms. The summed E-state index contributed by atoms with van der Waals surface area (Å²) in [6.07, 6.45) is 62.0. The van der Waals surface area contributed by atoms with E-state index in [4.69, 9.17) is 14.2 Å². The van der Waals surface area contributed by atoms with Crippen LogP contribution in [0.2, 0.25) is 0 Å². The molecule has 1 atom stereocenters. The van der Waals surface area contributed by atoms with Gasteiger partial charge in [0.2, 0.25) is 0 Å². The number of hydrogen-bond donors (Lipinski definition) is 0. The van der Waals surface area contributed by atoms with Crippen LogP contribution in [-0.2, 0) is 28.6 Å². The summed E-state index contributed by atoms with van der Waals surface area (Å²) in [5.41, 5.74) is 0. The number of rotatable bonds is 47. The fourth-order valence-corrected chi connectivity index (χ4v) is 7.21. The summed E-state index contributed by atoms with van der Waals surface area (Å²) < 4.78 is 16.8. The minimum Gasteiger partial charge on any atom is -0.462 e. The van der Waals surface area contributed by atoms with Gasteiger partial charge in [-0.05, 0) is 103 Å². The largest absolute Gasteiger partial charge is 0.462 e. The van der Waals surface area contributed by atoms with Crippen LogP contribution in [-0.4, -0.2) is 37.2 Å². The van der Waals surface area contributed by atoms with E-state index in [1.807, 2.05) is 0 Å². The molecule has 1 unspecified atom stereocenters. The SMILES string of the molecule is CCC/C=C\CCCCCCCC(=O)OCC(COC(=O)CCCCCCCC/C=C\C/C=C\C/C=C\CCCCC)OC(=O)CCCCCCC/C=C\CCCCCCCC. The zero-order valence-corrected chi connectivity index (χ0v) is 40.9. The van der Waals surface area contributed by atoms with E-state index in [0.29, 0.717) is 19.3 Å². The summed E-state index contributed by atoms with van der Waals surface area (Å²) in [5.74, 6) is -0.914. The highest BCUT2D eigenvalue weighted by Gasteiger charge is 2.19. The number of carbonyl (C=O) groups is 3. The van der Waals surface area contributed by atoms with Gasteiger partial charge < -0.3 is 14.2 Å². The van der Waals surface area contributed by atoms with Crippen molar-refractivity contribution in [3.8, 4) is 0 Å². The Kier molecular flexibility index (Phi) is 48.4. The number of allylic oxidation sites excluding steroid dienone is 10. The Labute approximate surface area is 383 Å². The minimum absolute atomic E-state index is 0.0862. The van der Waals surface area contributed by atoms with Crippen LogP contribution in [0.25, 0.3) is 0 Å². The zero-order valence-electron chi connectivity index (χ0n) is 40.9. The summed E-state index contributed by atoms with van der Waals surface area (Å²) in [5, 5.41) is 0. The summed E-state index contributed by atoms with van der Waals surface area (Å²) in [7, 11) is 0. The van der Waals surface area contributed by atoms with Crippen molar-refractivity contribution in [2.75, 3.05) is 13.2 Å². The molecule has 0 aromatic rings. The molecule has 0 N–H and O–H groups in total.